The van der Waals surface area contributed by atoms with Crippen molar-refractivity contribution in [2.75, 3.05) is 30.1 Å². The third-order valence-electron chi connectivity index (χ3n) is 5.08. The number of amides is 1. The Labute approximate surface area is 207 Å². The van der Waals surface area contributed by atoms with Crippen molar-refractivity contribution in [1.82, 2.24) is 19.7 Å². The molecular formula is C25H26N6OS2. The molecule has 1 amide bonds. The van der Waals surface area contributed by atoms with Gasteiger partial charge in [0.25, 0.3) is 0 Å². The Morgan fingerprint density at radius 1 is 1.18 bits per heavy atom. The van der Waals surface area contributed by atoms with Gasteiger partial charge in [-0.2, -0.15) is 0 Å². The van der Waals surface area contributed by atoms with Crippen LogP contribution >= 0.6 is 23.1 Å². The third-order valence-corrected chi connectivity index (χ3v) is 6.80. The van der Waals surface area contributed by atoms with Gasteiger partial charge in [0.05, 0.1) is 11.4 Å². The molecular weight excluding hydrogens is 464 g/mol. The van der Waals surface area contributed by atoms with E-state index < -0.39 is 0 Å². The summed E-state index contributed by atoms with van der Waals surface area (Å²) in [6.45, 7) is 6.46. The number of thioether (sulfide) groups is 1. The van der Waals surface area contributed by atoms with Crippen molar-refractivity contribution in [3.8, 4) is 22.6 Å². The van der Waals surface area contributed by atoms with Gasteiger partial charge < -0.3 is 10.2 Å². The molecule has 9 heteroatoms. The predicted molar refractivity (Wildman–Crippen MR) is 142 cm³/mol. The molecule has 4 aromatic rings. The molecule has 0 spiro atoms. The summed E-state index contributed by atoms with van der Waals surface area (Å²) in [7, 11) is 4.00. The minimum atomic E-state index is -0.140. The fraction of sp³-hybridized carbons (Fsp3) is 0.200. The van der Waals surface area contributed by atoms with E-state index in [1.54, 1.807) is 6.08 Å². The maximum absolute atomic E-state index is 12.6. The molecule has 4 rings (SSSR count). The number of benzene rings is 2. The summed E-state index contributed by atoms with van der Waals surface area (Å²) >= 11 is 2.75. The molecule has 0 unspecified atom stereocenters. The van der Waals surface area contributed by atoms with Gasteiger partial charge in [-0.15, -0.1) is 28.1 Å². The third kappa shape index (κ3) is 5.55. The Kier molecular flexibility index (Phi) is 7.44. The van der Waals surface area contributed by atoms with Crippen molar-refractivity contribution in [3.63, 3.8) is 0 Å². The first-order valence-corrected chi connectivity index (χ1v) is 12.6. The first-order valence-electron chi connectivity index (χ1n) is 10.7. The zero-order valence-corrected chi connectivity index (χ0v) is 21.0. The average Bonchev–Trinajstić information content (AvgIpc) is 3.46. The predicted octanol–water partition coefficient (Wildman–Crippen LogP) is 5.36. The molecule has 0 aliphatic carbocycles. The van der Waals surface area contributed by atoms with E-state index in [1.165, 1.54) is 28.7 Å². The number of hydrogen-bond acceptors (Lipinski definition) is 7. The maximum Gasteiger partial charge on any atom is 0.236 e. The van der Waals surface area contributed by atoms with Crippen molar-refractivity contribution >= 4 is 39.8 Å². The maximum atomic E-state index is 12.6. The molecule has 0 radical (unpaired) electrons. The quantitative estimate of drug-likeness (QED) is 0.251. The number of carbonyl (C=O) groups is 1. The van der Waals surface area contributed by atoms with Crippen LogP contribution in [-0.2, 0) is 11.3 Å². The molecule has 0 saturated carbocycles. The van der Waals surface area contributed by atoms with Gasteiger partial charge in [0.15, 0.2) is 16.1 Å². The van der Waals surface area contributed by atoms with Gasteiger partial charge in [-0.1, -0.05) is 59.8 Å². The summed E-state index contributed by atoms with van der Waals surface area (Å²) in [5.41, 5.74) is 5.11. The van der Waals surface area contributed by atoms with Crippen molar-refractivity contribution in [1.29, 1.82) is 0 Å². The van der Waals surface area contributed by atoms with Crippen LogP contribution < -0.4 is 10.2 Å². The lowest BCUT2D eigenvalue weighted by Gasteiger charge is -2.14. The number of aryl methyl sites for hydroxylation is 1. The summed E-state index contributed by atoms with van der Waals surface area (Å²) < 4.78 is 1.97. The van der Waals surface area contributed by atoms with Gasteiger partial charge in [0.1, 0.15) is 0 Å². The van der Waals surface area contributed by atoms with E-state index in [2.05, 4.69) is 33.1 Å². The first kappa shape index (κ1) is 23.7. The lowest BCUT2D eigenvalue weighted by Crippen LogP contribution is -2.14. The number of nitrogens with zero attached hydrogens (tertiary/aromatic N) is 5. The highest BCUT2D eigenvalue weighted by atomic mass is 32.2. The summed E-state index contributed by atoms with van der Waals surface area (Å²) in [4.78, 5) is 19.2. The van der Waals surface area contributed by atoms with Gasteiger partial charge in [0.2, 0.25) is 5.91 Å². The molecule has 0 fully saturated rings. The molecule has 2 aromatic carbocycles. The average molecular weight is 491 g/mol. The second-order valence-corrected chi connectivity index (χ2v) is 9.69. The van der Waals surface area contributed by atoms with Gasteiger partial charge >= 0.3 is 0 Å². The van der Waals surface area contributed by atoms with Crippen LogP contribution in [0.3, 0.4) is 0 Å². The van der Waals surface area contributed by atoms with Crippen LogP contribution in [-0.4, -0.2) is 45.5 Å². The fourth-order valence-corrected chi connectivity index (χ4v) is 4.78. The van der Waals surface area contributed by atoms with Gasteiger partial charge in [0, 0.05) is 42.8 Å². The molecule has 0 atom stereocenters. The number of nitrogens with one attached hydrogen (secondary N) is 1. The van der Waals surface area contributed by atoms with Crippen LogP contribution in [0.15, 0.2) is 71.7 Å². The highest BCUT2D eigenvalue weighted by Crippen LogP contribution is 2.28. The van der Waals surface area contributed by atoms with Crippen LogP contribution in [0.4, 0.5) is 10.8 Å². The monoisotopic (exact) mass is 490 g/mol. The van der Waals surface area contributed by atoms with E-state index in [-0.39, 0.29) is 11.7 Å². The molecule has 2 heterocycles. The normalized spacial score (nSPS) is 10.8. The van der Waals surface area contributed by atoms with E-state index in [9.17, 15) is 4.79 Å². The standard InChI is InChI=1S/C25H26N6OS2/c1-5-13-31-23(19-7-6-8-20(14-19)30(3)4)28-29-25(31)34-16-22(32)27-24-26-21(15-33-24)18-11-9-17(2)10-12-18/h5-12,14-15H,1,13,16H2,2-4H3,(H,26,27,32). The van der Waals surface area contributed by atoms with Crippen LogP contribution in [0.1, 0.15) is 5.56 Å². The van der Waals surface area contributed by atoms with Crippen LogP contribution in [0, 0.1) is 6.92 Å². The number of hydrogen-bond donors (Lipinski definition) is 1. The van der Waals surface area contributed by atoms with Gasteiger partial charge in [-0.25, -0.2) is 4.98 Å². The Hall–Kier alpha value is -3.43. The second kappa shape index (κ2) is 10.7. The molecule has 2 aromatic heterocycles. The lowest BCUT2D eigenvalue weighted by atomic mass is 10.1. The molecule has 7 nitrogen and oxygen atoms in total. The molecule has 1 N–H and O–H groups in total. The summed E-state index contributed by atoms with van der Waals surface area (Å²) in [6, 6.07) is 16.3. The summed E-state index contributed by atoms with van der Waals surface area (Å²) in [6.07, 6.45) is 1.80. The number of carbonyl (C=O) groups excluding carboxylic acids is 1. The number of aromatic nitrogens is 4. The molecule has 0 saturated heterocycles. The first-order chi connectivity index (χ1) is 16.4. The van der Waals surface area contributed by atoms with E-state index >= 15 is 0 Å². The van der Waals surface area contributed by atoms with Crippen LogP contribution in [0.2, 0.25) is 0 Å². The summed E-state index contributed by atoms with van der Waals surface area (Å²) in [5.74, 6) is 0.806. The van der Waals surface area contributed by atoms with Gasteiger partial charge in [-0.3, -0.25) is 9.36 Å². The minimum Gasteiger partial charge on any atom is -0.378 e. The molecule has 174 valence electrons. The van der Waals surface area contributed by atoms with E-state index in [4.69, 9.17) is 0 Å². The molecule has 0 aliphatic rings. The molecule has 34 heavy (non-hydrogen) atoms. The SMILES string of the molecule is C=CCn1c(SCC(=O)Nc2nc(-c3ccc(C)cc3)cs2)nnc1-c1cccc(N(C)C)c1. The van der Waals surface area contributed by atoms with Crippen molar-refractivity contribution in [2.24, 2.45) is 0 Å². The number of thiazole rings is 1. The van der Waals surface area contributed by atoms with E-state index in [0.29, 0.717) is 16.8 Å². The highest BCUT2D eigenvalue weighted by Gasteiger charge is 2.16. The van der Waals surface area contributed by atoms with Gasteiger partial charge in [-0.05, 0) is 19.1 Å². The van der Waals surface area contributed by atoms with E-state index in [0.717, 1.165) is 28.3 Å². The number of rotatable bonds is 9. The zero-order chi connectivity index (χ0) is 24.1. The van der Waals surface area contributed by atoms with Crippen LogP contribution in [0.25, 0.3) is 22.6 Å². The topological polar surface area (TPSA) is 75.9 Å². The number of allylic oxidation sites excluding steroid dienone is 1. The Morgan fingerprint density at radius 2 is 1.97 bits per heavy atom. The van der Waals surface area contributed by atoms with E-state index in [1.807, 2.05) is 78.3 Å². The largest absolute Gasteiger partial charge is 0.378 e. The Bertz CT molecular complexity index is 1290. The highest BCUT2D eigenvalue weighted by molar-refractivity contribution is 7.99. The second-order valence-electron chi connectivity index (χ2n) is 7.89. The molecule has 0 bridgehead atoms. The Balaban J connectivity index is 1.43. The van der Waals surface area contributed by atoms with Crippen molar-refractivity contribution in [2.45, 2.75) is 18.6 Å². The Morgan fingerprint density at radius 3 is 2.71 bits per heavy atom. The lowest BCUT2D eigenvalue weighted by molar-refractivity contribution is -0.113. The fourth-order valence-electron chi connectivity index (χ4n) is 3.30. The summed E-state index contributed by atoms with van der Waals surface area (Å²) in [5, 5.41) is 14.8. The smallest absolute Gasteiger partial charge is 0.236 e. The van der Waals surface area contributed by atoms with Crippen molar-refractivity contribution < 1.29 is 4.79 Å². The minimum absolute atomic E-state index is 0.140. The van der Waals surface area contributed by atoms with Crippen molar-refractivity contribution in [3.05, 3.63) is 72.1 Å². The molecule has 0 aliphatic heterocycles. The van der Waals surface area contributed by atoms with Crippen LogP contribution in [0.5, 0.6) is 0 Å². The zero-order valence-electron chi connectivity index (χ0n) is 19.4. The number of anilines is 2.